The SMILES string of the molecule is COC(=O)CNC(=O)Cc1ccc(NC(=O)C2CCCC(N)C2)cc1.Cl. The molecular weight excluding hydrogens is 358 g/mol. The van der Waals surface area contributed by atoms with Crippen LogP contribution in [0.1, 0.15) is 31.2 Å². The number of halogens is 1. The number of nitrogens with two attached hydrogens (primary N) is 1. The number of carbonyl (C=O) groups excluding carboxylic acids is 3. The molecule has 2 unspecified atom stereocenters. The fourth-order valence-corrected chi connectivity index (χ4v) is 2.91. The number of methoxy groups -OCH3 is 1. The second-order valence-corrected chi connectivity index (χ2v) is 6.34. The van der Waals surface area contributed by atoms with Crippen molar-refractivity contribution in [1.29, 1.82) is 0 Å². The first kappa shape index (κ1) is 21.9. The minimum Gasteiger partial charge on any atom is -0.468 e. The number of anilines is 1. The maximum Gasteiger partial charge on any atom is 0.325 e. The summed E-state index contributed by atoms with van der Waals surface area (Å²) in [6.45, 7) is -0.146. The second kappa shape index (κ2) is 10.8. The molecule has 0 saturated heterocycles. The highest BCUT2D eigenvalue weighted by Crippen LogP contribution is 2.24. The predicted octanol–water partition coefficient (Wildman–Crippen LogP) is 1.40. The number of carbonyl (C=O) groups is 3. The van der Waals surface area contributed by atoms with E-state index in [9.17, 15) is 14.4 Å². The van der Waals surface area contributed by atoms with E-state index in [-0.39, 0.29) is 49.1 Å². The highest BCUT2D eigenvalue weighted by Gasteiger charge is 2.25. The molecule has 1 aliphatic carbocycles. The average Bonchev–Trinajstić information content (AvgIpc) is 2.61. The van der Waals surface area contributed by atoms with Crippen LogP contribution >= 0.6 is 12.4 Å². The Morgan fingerprint density at radius 3 is 2.50 bits per heavy atom. The highest BCUT2D eigenvalue weighted by atomic mass is 35.5. The van der Waals surface area contributed by atoms with Crippen LogP contribution in [0.2, 0.25) is 0 Å². The monoisotopic (exact) mass is 383 g/mol. The summed E-state index contributed by atoms with van der Waals surface area (Å²) < 4.78 is 4.46. The molecule has 8 heteroatoms. The Morgan fingerprint density at radius 1 is 1.19 bits per heavy atom. The van der Waals surface area contributed by atoms with Crippen molar-refractivity contribution in [2.75, 3.05) is 19.0 Å². The Kier molecular flexibility index (Phi) is 9.09. The third kappa shape index (κ3) is 7.01. The lowest BCUT2D eigenvalue weighted by Crippen LogP contribution is -2.34. The van der Waals surface area contributed by atoms with Gasteiger partial charge in [0.2, 0.25) is 11.8 Å². The van der Waals surface area contributed by atoms with Gasteiger partial charge in [-0.25, -0.2) is 0 Å². The molecule has 7 nitrogen and oxygen atoms in total. The average molecular weight is 384 g/mol. The first-order valence-corrected chi connectivity index (χ1v) is 8.47. The van der Waals surface area contributed by atoms with E-state index in [4.69, 9.17) is 5.73 Å². The second-order valence-electron chi connectivity index (χ2n) is 6.34. The molecular formula is C18H26ClN3O4. The molecule has 1 aromatic rings. The molecule has 0 heterocycles. The first-order chi connectivity index (χ1) is 12.0. The topological polar surface area (TPSA) is 111 Å². The van der Waals surface area contributed by atoms with Crippen molar-refractivity contribution in [3.8, 4) is 0 Å². The van der Waals surface area contributed by atoms with Gasteiger partial charge in [0.25, 0.3) is 0 Å². The van der Waals surface area contributed by atoms with Gasteiger partial charge in [0.05, 0.1) is 13.5 Å². The minimum atomic E-state index is -0.492. The summed E-state index contributed by atoms with van der Waals surface area (Å²) in [7, 11) is 1.27. The molecule has 26 heavy (non-hydrogen) atoms. The number of esters is 1. The lowest BCUT2D eigenvalue weighted by molar-refractivity contribution is -0.141. The number of ether oxygens (including phenoxy) is 1. The van der Waals surface area contributed by atoms with Gasteiger partial charge in [-0.05, 0) is 37.0 Å². The molecule has 144 valence electrons. The first-order valence-electron chi connectivity index (χ1n) is 8.47. The predicted molar refractivity (Wildman–Crippen MR) is 101 cm³/mol. The van der Waals surface area contributed by atoms with Crippen molar-refractivity contribution in [1.82, 2.24) is 5.32 Å². The number of nitrogens with one attached hydrogen (secondary N) is 2. The van der Waals surface area contributed by atoms with Gasteiger partial charge in [-0.1, -0.05) is 18.6 Å². The number of rotatable bonds is 6. The molecule has 0 aliphatic heterocycles. The standard InChI is InChI=1S/C18H25N3O4.ClH/c1-25-17(23)11-20-16(22)9-12-5-7-15(8-6-12)21-18(24)13-3-2-4-14(19)10-13;/h5-8,13-14H,2-4,9-11,19H2,1H3,(H,20,22)(H,21,24);1H. The van der Waals surface area contributed by atoms with Gasteiger partial charge in [-0.3, -0.25) is 14.4 Å². The fourth-order valence-electron chi connectivity index (χ4n) is 2.91. The van der Waals surface area contributed by atoms with Crippen LogP contribution in [0.5, 0.6) is 0 Å². The molecule has 2 rings (SSSR count). The van der Waals surface area contributed by atoms with Crippen LogP contribution in [-0.2, 0) is 25.5 Å². The number of amides is 2. The molecule has 0 aromatic heterocycles. The van der Waals surface area contributed by atoms with Crippen molar-refractivity contribution >= 4 is 35.9 Å². The number of hydrogen-bond donors (Lipinski definition) is 3. The fraction of sp³-hybridized carbons (Fsp3) is 0.500. The van der Waals surface area contributed by atoms with Crippen molar-refractivity contribution in [3.63, 3.8) is 0 Å². The van der Waals surface area contributed by atoms with Crippen molar-refractivity contribution < 1.29 is 19.1 Å². The lowest BCUT2D eigenvalue weighted by Gasteiger charge is -2.25. The van der Waals surface area contributed by atoms with E-state index in [1.54, 1.807) is 24.3 Å². The lowest BCUT2D eigenvalue weighted by atomic mass is 9.85. The Labute approximate surface area is 159 Å². The molecule has 0 radical (unpaired) electrons. The van der Waals surface area contributed by atoms with Gasteiger partial charge in [-0.15, -0.1) is 12.4 Å². The molecule has 1 fully saturated rings. The Morgan fingerprint density at radius 2 is 1.88 bits per heavy atom. The third-order valence-corrected chi connectivity index (χ3v) is 4.33. The Bertz CT molecular complexity index is 621. The van der Waals surface area contributed by atoms with Crippen LogP contribution in [0.4, 0.5) is 5.69 Å². The largest absolute Gasteiger partial charge is 0.468 e. The smallest absolute Gasteiger partial charge is 0.325 e. The summed E-state index contributed by atoms with van der Waals surface area (Å²) in [4.78, 5) is 35.0. The van der Waals surface area contributed by atoms with Crippen molar-refractivity contribution in [2.24, 2.45) is 11.7 Å². The maximum atomic E-state index is 12.3. The molecule has 0 bridgehead atoms. The van der Waals surface area contributed by atoms with E-state index in [2.05, 4.69) is 15.4 Å². The highest BCUT2D eigenvalue weighted by molar-refractivity contribution is 5.92. The Balaban J connectivity index is 0.00000338. The summed E-state index contributed by atoms with van der Waals surface area (Å²) >= 11 is 0. The summed E-state index contributed by atoms with van der Waals surface area (Å²) in [6.07, 6.45) is 3.72. The Hall–Kier alpha value is -2.12. The van der Waals surface area contributed by atoms with E-state index in [1.807, 2.05) is 0 Å². The van der Waals surface area contributed by atoms with Crippen LogP contribution in [0.25, 0.3) is 0 Å². The van der Waals surface area contributed by atoms with Crippen LogP contribution in [0.15, 0.2) is 24.3 Å². The third-order valence-electron chi connectivity index (χ3n) is 4.33. The van der Waals surface area contributed by atoms with Gasteiger partial charge in [0.1, 0.15) is 6.54 Å². The molecule has 1 saturated carbocycles. The molecule has 1 aromatic carbocycles. The van der Waals surface area contributed by atoms with E-state index < -0.39 is 5.97 Å². The van der Waals surface area contributed by atoms with Crippen LogP contribution in [0, 0.1) is 5.92 Å². The van der Waals surface area contributed by atoms with E-state index in [0.717, 1.165) is 31.2 Å². The van der Waals surface area contributed by atoms with Crippen LogP contribution in [0.3, 0.4) is 0 Å². The normalized spacial score (nSPS) is 19.0. The van der Waals surface area contributed by atoms with Crippen molar-refractivity contribution in [2.45, 2.75) is 38.1 Å². The molecule has 1 aliphatic rings. The quantitative estimate of drug-likeness (QED) is 0.643. The van der Waals surface area contributed by atoms with Gasteiger partial charge in [-0.2, -0.15) is 0 Å². The zero-order valence-electron chi connectivity index (χ0n) is 14.8. The minimum absolute atomic E-state index is 0. The van der Waals surface area contributed by atoms with Gasteiger partial charge in [0.15, 0.2) is 0 Å². The van der Waals surface area contributed by atoms with Gasteiger partial charge in [0, 0.05) is 17.6 Å². The zero-order valence-corrected chi connectivity index (χ0v) is 15.6. The molecule has 2 amide bonds. The van der Waals surface area contributed by atoms with Crippen LogP contribution < -0.4 is 16.4 Å². The van der Waals surface area contributed by atoms with E-state index in [1.165, 1.54) is 7.11 Å². The van der Waals surface area contributed by atoms with Gasteiger partial charge < -0.3 is 21.1 Å². The molecule has 0 spiro atoms. The number of benzene rings is 1. The van der Waals surface area contributed by atoms with Crippen molar-refractivity contribution in [3.05, 3.63) is 29.8 Å². The zero-order chi connectivity index (χ0) is 18.2. The summed E-state index contributed by atoms with van der Waals surface area (Å²) in [6, 6.07) is 7.20. The summed E-state index contributed by atoms with van der Waals surface area (Å²) in [5.41, 5.74) is 7.42. The summed E-state index contributed by atoms with van der Waals surface area (Å²) in [5.74, 6) is -0.793. The van der Waals surface area contributed by atoms with E-state index in [0.29, 0.717) is 5.69 Å². The van der Waals surface area contributed by atoms with E-state index >= 15 is 0 Å². The summed E-state index contributed by atoms with van der Waals surface area (Å²) in [5, 5.41) is 5.38. The number of hydrogen-bond acceptors (Lipinski definition) is 5. The molecule has 2 atom stereocenters. The molecule has 4 N–H and O–H groups in total. The van der Waals surface area contributed by atoms with Gasteiger partial charge >= 0.3 is 5.97 Å². The maximum absolute atomic E-state index is 12.3. The van der Waals surface area contributed by atoms with Crippen LogP contribution in [-0.4, -0.2) is 37.5 Å².